The highest BCUT2D eigenvalue weighted by molar-refractivity contribution is 7.99. The number of quaternary nitrogens is 1. The topological polar surface area (TPSA) is 64.2 Å². The second kappa shape index (κ2) is 10.2. The SMILES string of the molecule is C[C@H](c1nnc(SCC(=O)NC2CCCCCC2)n1-c1ccc(F)cc1)[NH+](C)C. The monoisotopic (exact) mass is 420 g/mol. The number of hydrogen-bond donors (Lipinski definition) is 2. The Hall–Kier alpha value is -1.93. The molecule has 1 aliphatic rings. The van der Waals surface area contributed by atoms with Crippen LogP contribution in [0.25, 0.3) is 5.69 Å². The van der Waals surface area contributed by atoms with Crippen LogP contribution >= 0.6 is 11.8 Å². The fourth-order valence-electron chi connectivity index (χ4n) is 3.57. The van der Waals surface area contributed by atoms with Crippen molar-refractivity contribution < 1.29 is 14.1 Å². The van der Waals surface area contributed by atoms with Crippen LogP contribution in [-0.4, -0.2) is 46.6 Å². The number of nitrogens with one attached hydrogen (secondary N) is 2. The molecule has 1 aromatic carbocycles. The molecule has 8 heteroatoms. The van der Waals surface area contributed by atoms with Gasteiger partial charge in [0.05, 0.1) is 19.8 Å². The Kier molecular flexibility index (Phi) is 7.66. The lowest BCUT2D eigenvalue weighted by molar-refractivity contribution is -0.890. The summed E-state index contributed by atoms with van der Waals surface area (Å²) in [7, 11) is 4.11. The van der Waals surface area contributed by atoms with Gasteiger partial charge in [0.25, 0.3) is 0 Å². The summed E-state index contributed by atoms with van der Waals surface area (Å²) in [5.74, 6) is 0.831. The van der Waals surface area contributed by atoms with Gasteiger partial charge < -0.3 is 10.2 Å². The lowest BCUT2D eigenvalue weighted by Gasteiger charge is -2.18. The van der Waals surface area contributed by atoms with Crippen LogP contribution < -0.4 is 10.2 Å². The molecule has 1 aromatic heterocycles. The molecule has 6 nitrogen and oxygen atoms in total. The molecule has 1 aliphatic carbocycles. The van der Waals surface area contributed by atoms with Crippen molar-refractivity contribution in [3.8, 4) is 5.69 Å². The van der Waals surface area contributed by atoms with Gasteiger partial charge in [-0.25, -0.2) is 4.39 Å². The summed E-state index contributed by atoms with van der Waals surface area (Å²) in [6.45, 7) is 2.08. The first-order valence-electron chi connectivity index (χ1n) is 10.4. The van der Waals surface area contributed by atoms with E-state index in [-0.39, 0.29) is 23.8 Å². The molecule has 1 amide bonds. The van der Waals surface area contributed by atoms with Crippen LogP contribution in [0, 0.1) is 5.82 Å². The second-order valence-electron chi connectivity index (χ2n) is 8.00. The van der Waals surface area contributed by atoms with Crippen LogP contribution in [0.5, 0.6) is 0 Å². The van der Waals surface area contributed by atoms with Crippen LogP contribution in [0.3, 0.4) is 0 Å². The smallest absolute Gasteiger partial charge is 0.230 e. The molecule has 29 heavy (non-hydrogen) atoms. The highest BCUT2D eigenvalue weighted by atomic mass is 32.2. The third kappa shape index (κ3) is 5.79. The van der Waals surface area contributed by atoms with E-state index in [2.05, 4.69) is 36.5 Å². The van der Waals surface area contributed by atoms with Crippen molar-refractivity contribution >= 4 is 17.7 Å². The van der Waals surface area contributed by atoms with Gasteiger partial charge in [-0.05, 0) is 44.0 Å². The maximum Gasteiger partial charge on any atom is 0.230 e. The molecule has 2 N–H and O–H groups in total. The third-order valence-electron chi connectivity index (χ3n) is 5.55. The average molecular weight is 421 g/mol. The highest BCUT2D eigenvalue weighted by Crippen LogP contribution is 2.25. The number of nitrogens with zero attached hydrogens (tertiary/aromatic N) is 3. The fourth-order valence-corrected chi connectivity index (χ4v) is 4.34. The minimum atomic E-state index is -0.286. The summed E-state index contributed by atoms with van der Waals surface area (Å²) in [6.07, 6.45) is 7.02. The van der Waals surface area contributed by atoms with Crippen molar-refractivity contribution in [1.82, 2.24) is 20.1 Å². The Balaban J connectivity index is 1.74. The van der Waals surface area contributed by atoms with Crippen molar-refractivity contribution in [2.45, 2.75) is 62.7 Å². The molecule has 1 heterocycles. The van der Waals surface area contributed by atoms with Gasteiger partial charge in [-0.2, -0.15) is 0 Å². The minimum absolute atomic E-state index is 0.0309. The summed E-state index contributed by atoms with van der Waals surface area (Å²) in [6, 6.07) is 6.68. The van der Waals surface area contributed by atoms with Gasteiger partial charge in [-0.1, -0.05) is 37.4 Å². The Morgan fingerprint density at radius 3 is 2.48 bits per heavy atom. The normalized spacial score (nSPS) is 16.6. The predicted molar refractivity (Wildman–Crippen MR) is 113 cm³/mol. The van der Waals surface area contributed by atoms with E-state index in [1.165, 1.54) is 54.5 Å². The lowest BCUT2D eigenvalue weighted by atomic mass is 10.1. The summed E-state index contributed by atoms with van der Waals surface area (Å²) < 4.78 is 15.4. The molecule has 3 rings (SSSR count). The van der Waals surface area contributed by atoms with E-state index in [1.807, 2.05) is 4.57 Å². The van der Waals surface area contributed by atoms with Crippen LogP contribution in [0.15, 0.2) is 29.4 Å². The van der Waals surface area contributed by atoms with E-state index in [9.17, 15) is 9.18 Å². The Morgan fingerprint density at radius 1 is 1.21 bits per heavy atom. The van der Waals surface area contributed by atoms with Crippen LogP contribution in [0.4, 0.5) is 4.39 Å². The molecule has 1 fully saturated rings. The van der Waals surface area contributed by atoms with Gasteiger partial charge in [0.2, 0.25) is 5.91 Å². The first kappa shape index (κ1) is 21.8. The Labute approximate surface area is 176 Å². The Bertz CT molecular complexity index is 800. The zero-order chi connectivity index (χ0) is 20.8. The van der Waals surface area contributed by atoms with E-state index in [4.69, 9.17) is 0 Å². The highest BCUT2D eigenvalue weighted by Gasteiger charge is 2.24. The van der Waals surface area contributed by atoms with E-state index >= 15 is 0 Å². The van der Waals surface area contributed by atoms with Crippen molar-refractivity contribution in [1.29, 1.82) is 0 Å². The van der Waals surface area contributed by atoms with E-state index in [1.54, 1.807) is 12.1 Å². The number of carbonyl (C=O) groups is 1. The molecule has 158 valence electrons. The zero-order valence-corrected chi connectivity index (χ0v) is 18.3. The average Bonchev–Trinajstić information content (AvgIpc) is 2.95. The predicted octanol–water partition coefficient (Wildman–Crippen LogP) is 2.54. The number of amides is 1. The first-order valence-corrected chi connectivity index (χ1v) is 11.4. The summed E-state index contributed by atoms with van der Waals surface area (Å²) in [4.78, 5) is 13.7. The van der Waals surface area contributed by atoms with Crippen molar-refractivity contribution in [3.63, 3.8) is 0 Å². The van der Waals surface area contributed by atoms with E-state index < -0.39 is 0 Å². The van der Waals surface area contributed by atoms with Gasteiger partial charge in [0, 0.05) is 11.7 Å². The number of carbonyl (C=O) groups excluding carboxylic acids is 1. The van der Waals surface area contributed by atoms with Gasteiger partial charge in [-0.15, -0.1) is 10.2 Å². The number of hydrogen-bond acceptors (Lipinski definition) is 4. The van der Waals surface area contributed by atoms with Crippen LogP contribution in [0.1, 0.15) is 57.3 Å². The van der Waals surface area contributed by atoms with Gasteiger partial charge >= 0.3 is 0 Å². The second-order valence-corrected chi connectivity index (χ2v) is 8.94. The largest absolute Gasteiger partial charge is 0.353 e. The standard InChI is InChI=1S/C21H30FN5OS/c1-15(26(2)3)20-24-25-21(27(20)18-12-10-16(22)11-13-18)29-14-19(28)23-17-8-6-4-5-7-9-17/h10-13,15,17H,4-9,14H2,1-3H3,(H,23,28)/p+1/t15-/m1/s1. The molecule has 2 aromatic rings. The number of rotatable bonds is 7. The molecule has 0 aliphatic heterocycles. The first-order chi connectivity index (χ1) is 14.0. The number of thioether (sulfide) groups is 1. The molecule has 0 unspecified atom stereocenters. The van der Waals surface area contributed by atoms with Crippen LogP contribution in [0.2, 0.25) is 0 Å². The molecule has 0 saturated heterocycles. The molecule has 1 atom stereocenters. The fraction of sp³-hybridized carbons (Fsp3) is 0.571. The summed E-state index contributed by atoms with van der Waals surface area (Å²) in [5, 5.41) is 12.6. The molecule has 0 radical (unpaired) electrons. The molecule has 0 bridgehead atoms. The van der Waals surface area contributed by atoms with Crippen molar-refractivity contribution in [2.75, 3.05) is 19.8 Å². The molecular formula is C21H31FN5OS+. The van der Waals surface area contributed by atoms with Gasteiger partial charge in [0.1, 0.15) is 11.9 Å². The summed E-state index contributed by atoms with van der Waals surface area (Å²) >= 11 is 1.37. The quantitative estimate of drug-likeness (QED) is 0.534. The number of aromatic nitrogens is 3. The summed E-state index contributed by atoms with van der Waals surface area (Å²) in [5.41, 5.74) is 0.797. The van der Waals surface area contributed by atoms with Crippen LogP contribution in [-0.2, 0) is 4.79 Å². The molecule has 1 saturated carbocycles. The molecule has 0 spiro atoms. The van der Waals surface area contributed by atoms with Crippen molar-refractivity contribution in [2.24, 2.45) is 0 Å². The minimum Gasteiger partial charge on any atom is -0.353 e. The number of benzene rings is 1. The lowest BCUT2D eigenvalue weighted by Crippen LogP contribution is -3.05. The van der Waals surface area contributed by atoms with Gasteiger partial charge in [0.15, 0.2) is 11.0 Å². The maximum atomic E-state index is 13.4. The van der Waals surface area contributed by atoms with E-state index in [0.29, 0.717) is 10.9 Å². The van der Waals surface area contributed by atoms with Crippen molar-refractivity contribution in [3.05, 3.63) is 35.9 Å². The molecular weight excluding hydrogens is 389 g/mol. The maximum absolute atomic E-state index is 13.4. The zero-order valence-electron chi connectivity index (χ0n) is 17.4. The van der Waals surface area contributed by atoms with Gasteiger partial charge in [-0.3, -0.25) is 9.36 Å². The van der Waals surface area contributed by atoms with E-state index in [0.717, 1.165) is 24.4 Å². The number of halogens is 1. The Morgan fingerprint density at radius 2 is 1.86 bits per heavy atom. The third-order valence-corrected chi connectivity index (χ3v) is 6.48.